The van der Waals surface area contributed by atoms with Gasteiger partial charge in [-0.1, -0.05) is 36.1 Å². The van der Waals surface area contributed by atoms with E-state index in [1.807, 2.05) is 36.4 Å². The number of piperazine rings is 1. The molecular formula is C24H28N2O7. The van der Waals surface area contributed by atoms with Crippen LogP contribution in [0.3, 0.4) is 0 Å². The van der Waals surface area contributed by atoms with E-state index in [9.17, 15) is 0 Å². The molecule has 0 bridgehead atoms. The lowest BCUT2D eigenvalue weighted by molar-refractivity contribution is -0.159. The maximum Gasteiger partial charge on any atom is 0.414 e. The molecule has 2 N–H and O–H groups in total. The van der Waals surface area contributed by atoms with Gasteiger partial charge in [0.2, 0.25) is 0 Å². The zero-order valence-electron chi connectivity index (χ0n) is 18.7. The number of anilines is 1. The van der Waals surface area contributed by atoms with Gasteiger partial charge in [-0.25, -0.2) is 9.59 Å². The first-order chi connectivity index (χ1) is 16.0. The number of nitrogens with zero attached hydrogens (tertiary/aromatic N) is 2. The number of hydrogen-bond acceptors (Lipinski definition) is 7. The van der Waals surface area contributed by atoms with E-state index in [2.05, 4.69) is 33.8 Å². The van der Waals surface area contributed by atoms with Crippen LogP contribution in [-0.2, 0) is 9.59 Å². The van der Waals surface area contributed by atoms with Crippen LogP contribution in [0, 0.1) is 11.8 Å². The second kappa shape index (κ2) is 13.5. The number of carboxylic acids is 2. The van der Waals surface area contributed by atoms with E-state index in [-0.39, 0.29) is 0 Å². The molecule has 9 nitrogen and oxygen atoms in total. The van der Waals surface area contributed by atoms with Gasteiger partial charge in [0.25, 0.3) is 0 Å². The summed E-state index contributed by atoms with van der Waals surface area (Å²) in [5.41, 5.74) is 1.16. The molecule has 1 saturated heterocycles. The van der Waals surface area contributed by atoms with Crippen molar-refractivity contribution in [3.8, 4) is 29.1 Å². The zero-order chi connectivity index (χ0) is 24.1. The van der Waals surface area contributed by atoms with Crippen LogP contribution in [0.4, 0.5) is 5.69 Å². The minimum Gasteiger partial charge on any atom is -0.495 e. The van der Waals surface area contributed by atoms with E-state index in [0.29, 0.717) is 6.61 Å². The zero-order valence-corrected chi connectivity index (χ0v) is 18.7. The molecule has 0 unspecified atom stereocenters. The predicted octanol–water partition coefficient (Wildman–Crippen LogP) is 2.06. The molecule has 0 atom stereocenters. The topological polar surface area (TPSA) is 109 Å². The molecule has 2 aromatic carbocycles. The number of methoxy groups -OCH3 is 2. The Morgan fingerprint density at radius 2 is 1.36 bits per heavy atom. The highest BCUT2D eigenvalue weighted by Gasteiger charge is 2.18. The van der Waals surface area contributed by atoms with Gasteiger partial charge in [0, 0.05) is 26.2 Å². The maximum atomic E-state index is 9.10. The highest BCUT2D eigenvalue weighted by molar-refractivity contribution is 6.27. The van der Waals surface area contributed by atoms with Crippen molar-refractivity contribution in [3.05, 3.63) is 48.5 Å². The Morgan fingerprint density at radius 1 is 0.818 bits per heavy atom. The van der Waals surface area contributed by atoms with E-state index in [1.165, 1.54) is 0 Å². The normalized spacial score (nSPS) is 13.0. The van der Waals surface area contributed by atoms with Crippen molar-refractivity contribution in [2.75, 3.05) is 58.5 Å². The first-order valence-electron chi connectivity index (χ1n) is 10.2. The van der Waals surface area contributed by atoms with E-state index in [0.717, 1.165) is 55.7 Å². The highest BCUT2D eigenvalue weighted by atomic mass is 16.5. The molecule has 0 saturated carbocycles. The van der Waals surface area contributed by atoms with E-state index < -0.39 is 11.9 Å². The van der Waals surface area contributed by atoms with Crippen molar-refractivity contribution in [1.82, 2.24) is 4.90 Å². The molecule has 1 aliphatic rings. The van der Waals surface area contributed by atoms with Gasteiger partial charge in [-0.05, 0) is 24.3 Å². The van der Waals surface area contributed by atoms with Crippen molar-refractivity contribution in [1.29, 1.82) is 0 Å². The summed E-state index contributed by atoms with van der Waals surface area (Å²) in [6.07, 6.45) is 0. The lowest BCUT2D eigenvalue weighted by Crippen LogP contribution is -2.46. The van der Waals surface area contributed by atoms with Gasteiger partial charge in [-0.2, -0.15) is 0 Å². The summed E-state index contributed by atoms with van der Waals surface area (Å²) >= 11 is 0. The Balaban J connectivity index is 0.000000569. The average molecular weight is 456 g/mol. The van der Waals surface area contributed by atoms with Crippen LogP contribution < -0.4 is 19.1 Å². The molecule has 0 radical (unpaired) electrons. The smallest absolute Gasteiger partial charge is 0.414 e. The third kappa shape index (κ3) is 8.27. The number of ether oxygens (including phenoxy) is 3. The SMILES string of the molecule is COc1ccccc1OCC#CCN1CCN(c2ccccc2OC)CC1.O=C(O)C(=O)O. The summed E-state index contributed by atoms with van der Waals surface area (Å²) in [6, 6.07) is 15.8. The fraction of sp³-hybridized carbons (Fsp3) is 0.333. The Hall–Kier alpha value is -3.90. The summed E-state index contributed by atoms with van der Waals surface area (Å²) in [7, 11) is 3.36. The van der Waals surface area contributed by atoms with E-state index >= 15 is 0 Å². The molecule has 0 amide bonds. The van der Waals surface area contributed by atoms with E-state index in [4.69, 9.17) is 34.0 Å². The summed E-state index contributed by atoms with van der Waals surface area (Å²) in [6.45, 7) is 5.04. The molecule has 33 heavy (non-hydrogen) atoms. The van der Waals surface area contributed by atoms with Gasteiger partial charge < -0.3 is 29.3 Å². The molecule has 0 aliphatic carbocycles. The standard InChI is InChI=1S/C22H26N2O3.C2H2O4/c1-25-20-10-4-3-9-19(20)24-16-14-23(15-17-24)13-7-8-18-27-22-12-6-5-11-21(22)26-2;3-1(4)2(5)6/h3-6,9-12H,13-18H2,1-2H3;(H,3,4)(H,5,6). The summed E-state index contributed by atoms with van der Waals surface area (Å²) in [5.74, 6) is 5.03. The summed E-state index contributed by atoms with van der Waals surface area (Å²) < 4.78 is 16.4. The number of benzene rings is 2. The third-order valence-corrected chi connectivity index (χ3v) is 4.78. The second-order valence-corrected chi connectivity index (χ2v) is 6.84. The molecule has 1 heterocycles. The Kier molecular flexibility index (Phi) is 10.4. The fourth-order valence-electron chi connectivity index (χ4n) is 3.11. The molecule has 0 aromatic heterocycles. The number of aliphatic carboxylic acids is 2. The summed E-state index contributed by atoms with van der Waals surface area (Å²) in [4.78, 5) is 22.9. The third-order valence-electron chi connectivity index (χ3n) is 4.78. The van der Waals surface area contributed by atoms with Crippen molar-refractivity contribution >= 4 is 17.6 Å². The van der Waals surface area contributed by atoms with Gasteiger partial charge in [-0.15, -0.1) is 0 Å². The first-order valence-corrected chi connectivity index (χ1v) is 10.2. The Bertz CT molecular complexity index is 964. The molecule has 9 heteroatoms. The lowest BCUT2D eigenvalue weighted by Gasteiger charge is -2.35. The number of para-hydroxylation sites is 4. The average Bonchev–Trinajstić information content (AvgIpc) is 2.84. The summed E-state index contributed by atoms with van der Waals surface area (Å²) in [5, 5.41) is 14.8. The van der Waals surface area contributed by atoms with Crippen LogP contribution in [0.15, 0.2) is 48.5 Å². The fourth-order valence-corrected chi connectivity index (χ4v) is 3.11. The molecular weight excluding hydrogens is 428 g/mol. The van der Waals surface area contributed by atoms with Crippen molar-refractivity contribution in [2.24, 2.45) is 0 Å². The molecule has 0 spiro atoms. The van der Waals surface area contributed by atoms with Crippen LogP contribution in [0.1, 0.15) is 0 Å². The molecule has 176 valence electrons. The van der Waals surface area contributed by atoms with Crippen LogP contribution in [0.2, 0.25) is 0 Å². The Labute approximate surface area is 193 Å². The molecule has 3 rings (SSSR count). The lowest BCUT2D eigenvalue weighted by atomic mass is 10.2. The highest BCUT2D eigenvalue weighted by Crippen LogP contribution is 2.28. The largest absolute Gasteiger partial charge is 0.495 e. The molecule has 1 fully saturated rings. The van der Waals surface area contributed by atoms with Crippen molar-refractivity contribution < 1.29 is 34.0 Å². The number of rotatable bonds is 6. The molecule has 2 aromatic rings. The van der Waals surface area contributed by atoms with Crippen molar-refractivity contribution in [2.45, 2.75) is 0 Å². The minimum absolute atomic E-state index is 0.363. The number of carboxylic acid groups (broad SMARTS) is 2. The molecule has 1 aliphatic heterocycles. The maximum absolute atomic E-state index is 9.10. The van der Waals surface area contributed by atoms with Gasteiger partial charge >= 0.3 is 11.9 Å². The predicted molar refractivity (Wildman–Crippen MR) is 123 cm³/mol. The van der Waals surface area contributed by atoms with Crippen LogP contribution >= 0.6 is 0 Å². The van der Waals surface area contributed by atoms with E-state index in [1.54, 1.807) is 14.2 Å². The van der Waals surface area contributed by atoms with Gasteiger partial charge in [0.1, 0.15) is 12.4 Å². The minimum atomic E-state index is -1.82. The van der Waals surface area contributed by atoms with Gasteiger partial charge in [0.15, 0.2) is 11.5 Å². The van der Waals surface area contributed by atoms with Crippen molar-refractivity contribution in [3.63, 3.8) is 0 Å². The quantitative estimate of drug-likeness (QED) is 0.499. The van der Waals surface area contributed by atoms with Gasteiger partial charge in [-0.3, -0.25) is 4.90 Å². The second-order valence-electron chi connectivity index (χ2n) is 6.84. The Morgan fingerprint density at radius 3 is 1.94 bits per heavy atom. The van der Waals surface area contributed by atoms with Crippen LogP contribution in [-0.4, -0.2) is 80.6 Å². The number of hydrogen-bond donors (Lipinski definition) is 2. The van der Waals surface area contributed by atoms with Gasteiger partial charge in [0.05, 0.1) is 26.5 Å². The van der Waals surface area contributed by atoms with Crippen LogP contribution in [0.25, 0.3) is 0 Å². The monoisotopic (exact) mass is 456 g/mol. The number of carbonyl (C=O) groups is 2. The van der Waals surface area contributed by atoms with Crippen LogP contribution in [0.5, 0.6) is 17.2 Å². The first kappa shape index (κ1) is 25.4.